The largest absolute Gasteiger partial charge is 0.271 e. The minimum Gasteiger partial charge on any atom is -0.271 e. The molecule has 1 heterocycles. The zero-order valence-electron chi connectivity index (χ0n) is 9.70. The van der Waals surface area contributed by atoms with Crippen LogP contribution >= 0.6 is 34.5 Å². The lowest BCUT2D eigenvalue weighted by Gasteiger charge is -2.16. The summed E-state index contributed by atoms with van der Waals surface area (Å²) in [5.74, 6) is 5.60. The molecule has 2 rings (SSSR count). The molecule has 18 heavy (non-hydrogen) atoms. The van der Waals surface area contributed by atoms with Crippen molar-refractivity contribution in [3.05, 3.63) is 56.2 Å². The Morgan fingerprint density at radius 3 is 2.67 bits per heavy atom. The third-order valence-corrected chi connectivity index (χ3v) is 4.52. The SMILES string of the molecule is NNC(Cc1cccs1)Cc1cccc(Cl)c1Cl. The third kappa shape index (κ3) is 3.46. The number of benzene rings is 1. The third-order valence-electron chi connectivity index (χ3n) is 2.76. The van der Waals surface area contributed by atoms with Gasteiger partial charge in [-0.25, -0.2) is 0 Å². The number of nitrogens with one attached hydrogen (secondary N) is 1. The maximum Gasteiger partial charge on any atom is 0.0624 e. The van der Waals surface area contributed by atoms with Crippen LogP contribution in [0.15, 0.2) is 35.7 Å². The number of thiophene rings is 1. The first-order valence-electron chi connectivity index (χ1n) is 5.62. The van der Waals surface area contributed by atoms with E-state index in [9.17, 15) is 0 Å². The smallest absolute Gasteiger partial charge is 0.0624 e. The molecule has 1 atom stereocenters. The molecule has 1 unspecified atom stereocenters. The van der Waals surface area contributed by atoms with E-state index in [0.717, 1.165) is 18.4 Å². The Hall–Kier alpha value is -0.580. The second kappa shape index (κ2) is 6.55. The normalized spacial score (nSPS) is 12.6. The molecule has 96 valence electrons. The summed E-state index contributed by atoms with van der Waals surface area (Å²) in [6.45, 7) is 0. The first-order chi connectivity index (χ1) is 8.70. The van der Waals surface area contributed by atoms with Gasteiger partial charge in [-0.2, -0.15) is 0 Å². The van der Waals surface area contributed by atoms with E-state index < -0.39 is 0 Å². The molecule has 0 saturated heterocycles. The summed E-state index contributed by atoms with van der Waals surface area (Å²) in [6.07, 6.45) is 1.64. The van der Waals surface area contributed by atoms with E-state index >= 15 is 0 Å². The lowest BCUT2D eigenvalue weighted by molar-refractivity contribution is 0.526. The molecule has 0 saturated carbocycles. The predicted molar refractivity (Wildman–Crippen MR) is 79.3 cm³/mol. The molecule has 0 aliphatic heterocycles. The molecule has 3 N–H and O–H groups in total. The van der Waals surface area contributed by atoms with Gasteiger partial charge >= 0.3 is 0 Å². The molecule has 0 spiro atoms. The van der Waals surface area contributed by atoms with Gasteiger partial charge in [0.05, 0.1) is 10.0 Å². The summed E-state index contributed by atoms with van der Waals surface area (Å²) in [6, 6.07) is 9.97. The van der Waals surface area contributed by atoms with E-state index in [1.54, 1.807) is 17.4 Å². The zero-order valence-corrected chi connectivity index (χ0v) is 12.0. The molecule has 0 bridgehead atoms. The summed E-state index contributed by atoms with van der Waals surface area (Å²) >= 11 is 13.9. The first-order valence-corrected chi connectivity index (χ1v) is 7.25. The van der Waals surface area contributed by atoms with E-state index in [-0.39, 0.29) is 6.04 Å². The van der Waals surface area contributed by atoms with Crippen LogP contribution in [0, 0.1) is 0 Å². The molecule has 1 aromatic carbocycles. The van der Waals surface area contributed by atoms with Crippen molar-refractivity contribution in [1.29, 1.82) is 0 Å². The summed E-state index contributed by atoms with van der Waals surface area (Å²) in [7, 11) is 0. The highest BCUT2D eigenvalue weighted by atomic mass is 35.5. The Kier molecular flexibility index (Phi) is 5.03. The van der Waals surface area contributed by atoms with Crippen molar-refractivity contribution in [1.82, 2.24) is 5.43 Å². The van der Waals surface area contributed by atoms with Crippen molar-refractivity contribution < 1.29 is 0 Å². The topological polar surface area (TPSA) is 38.0 Å². The van der Waals surface area contributed by atoms with Gasteiger partial charge in [0.25, 0.3) is 0 Å². The van der Waals surface area contributed by atoms with Crippen molar-refractivity contribution >= 4 is 34.5 Å². The van der Waals surface area contributed by atoms with Crippen LogP contribution < -0.4 is 11.3 Å². The van der Waals surface area contributed by atoms with Crippen molar-refractivity contribution in [3.63, 3.8) is 0 Å². The second-order valence-electron chi connectivity index (χ2n) is 4.06. The Bertz CT molecular complexity index is 500. The van der Waals surface area contributed by atoms with Crippen LogP contribution in [0.1, 0.15) is 10.4 Å². The number of hydrogen-bond acceptors (Lipinski definition) is 3. The van der Waals surface area contributed by atoms with Crippen molar-refractivity contribution in [2.75, 3.05) is 0 Å². The second-order valence-corrected chi connectivity index (χ2v) is 5.88. The van der Waals surface area contributed by atoms with Crippen LogP contribution in [0.5, 0.6) is 0 Å². The standard InChI is InChI=1S/C13H14Cl2N2S/c14-12-5-1-3-9(13(12)15)7-10(17-16)8-11-4-2-6-18-11/h1-6,10,17H,7-8,16H2. The molecule has 2 nitrogen and oxygen atoms in total. The monoisotopic (exact) mass is 300 g/mol. The molecule has 5 heteroatoms. The van der Waals surface area contributed by atoms with E-state index in [2.05, 4.69) is 16.9 Å². The Morgan fingerprint density at radius 1 is 1.17 bits per heavy atom. The van der Waals surface area contributed by atoms with Crippen LogP contribution in [0.4, 0.5) is 0 Å². The van der Waals surface area contributed by atoms with Crippen molar-refractivity contribution in [2.24, 2.45) is 5.84 Å². The molecule has 0 amide bonds. The summed E-state index contributed by atoms with van der Waals surface area (Å²) in [5, 5.41) is 3.27. The lowest BCUT2D eigenvalue weighted by Crippen LogP contribution is -2.38. The summed E-state index contributed by atoms with van der Waals surface area (Å²) in [5.41, 5.74) is 3.86. The average Bonchev–Trinajstić information content (AvgIpc) is 2.86. The fourth-order valence-corrected chi connectivity index (χ4v) is 3.02. The maximum absolute atomic E-state index is 6.18. The molecule has 1 aromatic heterocycles. The van der Waals surface area contributed by atoms with Crippen molar-refractivity contribution in [3.8, 4) is 0 Å². The highest BCUT2D eigenvalue weighted by molar-refractivity contribution is 7.09. The average molecular weight is 301 g/mol. The number of nitrogens with two attached hydrogens (primary N) is 1. The minimum absolute atomic E-state index is 0.152. The molecule has 2 aromatic rings. The Morgan fingerprint density at radius 2 is 2.00 bits per heavy atom. The van der Waals surface area contributed by atoms with Gasteiger partial charge < -0.3 is 0 Å². The van der Waals surface area contributed by atoms with Gasteiger partial charge in [0.1, 0.15) is 0 Å². The van der Waals surface area contributed by atoms with E-state index in [0.29, 0.717) is 10.0 Å². The van der Waals surface area contributed by atoms with Gasteiger partial charge in [-0.1, -0.05) is 41.4 Å². The number of rotatable bonds is 5. The number of halogens is 2. The molecule has 0 radical (unpaired) electrons. The quantitative estimate of drug-likeness (QED) is 0.653. The zero-order chi connectivity index (χ0) is 13.0. The highest BCUT2D eigenvalue weighted by Gasteiger charge is 2.12. The van der Waals surface area contributed by atoms with Gasteiger partial charge in [0, 0.05) is 10.9 Å². The highest BCUT2D eigenvalue weighted by Crippen LogP contribution is 2.27. The fraction of sp³-hybridized carbons (Fsp3) is 0.231. The van der Waals surface area contributed by atoms with E-state index in [1.807, 2.05) is 18.2 Å². The molecule has 0 aliphatic rings. The Labute approximate surface area is 121 Å². The van der Waals surface area contributed by atoms with Gasteiger partial charge in [-0.3, -0.25) is 11.3 Å². The Balaban J connectivity index is 2.08. The van der Waals surface area contributed by atoms with E-state index in [4.69, 9.17) is 29.0 Å². The number of hydrazine groups is 1. The maximum atomic E-state index is 6.18. The van der Waals surface area contributed by atoms with E-state index in [1.165, 1.54) is 4.88 Å². The number of hydrogen-bond donors (Lipinski definition) is 2. The van der Waals surface area contributed by atoms with Crippen LogP contribution in [0.25, 0.3) is 0 Å². The molecule has 0 aliphatic carbocycles. The van der Waals surface area contributed by atoms with Gasteiger partial charge in [-0.05, 0) is 35.9 Å². The minimum atomic E-state index is 0.152. The molecular weight excluding hydrogens is 287 g/mol. The van der Waals surface area contributed by atoms with Crippen LogP contribution in [-0.2, 0) is 12.8 Å². The van der Waals surface area contributed by atoms with Gasteiger partial charge in [-0.15, -0.1) is 11.3 Å². The predicted octanol–water partition coefficient (Wildman–Crippen LogP) is 3.67. The van der Waals surface area contributed by atoms with Crippen LogP contribution in [-0.4, -0.2) is 6.04 Å². The lowest BCUT2D eigenvalue weighted by atomic mass is 10.0. The van der Waals surface area contributed by atoms with Gasteiger partial charge in [0.15, 0.2) is 0 Å². The van der Waals surface area contributed by atoms with Crippen LogP contribution in [0.2, 0.25) is 10.0 Å². The van der Waals surface area contributed by atoms with Crippen molar-refractivity contribution in [2.45, 2.75) is 18.9 Å². The fourth-order valence-electron chi connectivity index (χ4n) is 1.83. The molecular formula is C13H14Cl2N2S. The van der Waals surface area contributed by atoms with Gasteiger partial charge in [0.2, 0.25) is 0 Å². The summed E-state index contributed by atoms with van der Waals surface area (Å²) < 4.78 is 0. The first kappa shape index (κ1) is 13.8. The summed E-state index contributed by atoms with van der Waals surface area (Å²) in [4.78, 5) is 1.30. The molecule has 0 fully saturated rings. The van der Waals surface area contributed by atoms with Crippen LogP contribution in [0.3, 0.4) is 0 Å².